The summed E-state index contributed by atoms with van der Waals surface area (Å²) >= 11 is 6.27. The molecule has 4 heteroatoms. The second-order valence-corrected chi connectivity index (χ2v) is 7.80. The SMILES string of the molecule is C/C=C\CC(c1ccc(Cl)cc1C(C)C)C1CCN(C(=O)OCC)CC1. The van der Waals surface area contributed by atoms with Gasteiger partial charge in [-0.25, -0.2) is 4.79 Å². The van der Waals surface area contributed by atoms with E-state index in [1.54, 1.807) is 0 Å². The van der Waals surface area contributed by atoms with Gasteiger partial charge in [0, 0.05) is 18.1 Å². The summed E-state index contributed by atoms with van der Waals surface area (Å²) in [4.78, 5) is 13.8. The van der Waals surface area contributed by atoms with Crippen LogP contribution in [-0.4, -0.2) is 30.7 Å². The van der Waals surface area contributed by atoms with E-state index in [4.69, 9.17) is 16.3 Å². The Bertz CT molecular complexity index is 619. The van der Waals surface area contributed by atoms with Crippen LogP contribution in [0.5, 0.6) is 0 Å². The summed E-state index contributed by atoms with van der Waals surface area (Å²) < 4.78 is 5.15. The largest absolute Gasteiger partial charge is 0.450 e. The molecule has 1 fully saturated rings. The third kappa shape index (κ3) is 5.26. The molecule has 0 spiro atoms. The summed E-state index contributed by atoms with van der Waals surface area (Å²) in [6, 6.07) is 6.35. The zero-order valence-electron chi connectivity index (χ0n) is 16.5. The van der Waals surface area contributed by atoms with Crippen LogP contribution in [-0.2, 0) is 4.74 Å². The number of carbonyl (C=O) groups excluding carboxylic acids is 1. The van der Waals surface area contributed by atoms with Crippen LogP contribution < -0.4 is 0 Å². The molecule has 0 saturated carbocycles. The van der Waals surface area contributed by atoms with E-state index in [1.165, 1.54) is 11.1 Å². The molecular formula is C22H32ClNO2. The van der Waals surface area contributed by atoms with Crippen molar-refractivity contribution in [3.63, 3.8) is 0 Å². The lowest BCUT2D eigenvalue weighted by molar-refractivity contribution is 0.0887. The summed E-state index contributed by atoms with van der Waals surface area (Å²) in [5, 5.41) is 0.805. The van der Waals surface area contributed by atoms with Crippen molar-refractivity contribution in [1.82, 2.24) is 4.90 Å². The Morgan fingerprint density at radius 1 is 1.31 bits per heavy atom. The molecule has 1 atom stereocenters. The zero-order valence-corrected chi connectivity index (χ0v) is 17.3. The highest BCUT2D eigenvalue weighted by molar-refractivity contribution is 6.30. The highest BCUT2D eigenvalue weighted by atomic mass is 35.5. The van der Waals surface area contributed by atoms with Crippen molar-refractivity contribution < 1.29 is 9.53 Å². The molecule has 0 bridgehead atoms. The van der Waals surface area contributed by atoms with Crippen molar-refractivity contribution in [3.05, 3.63) is 46.5 Å². The fraction of sp³-hybridized carbons (Fsp3) is 0.591. The maximum Gasteiger partial charge on any atom is 0.409 e. The van der Waals surface area contributed by atoms with Gasteiger partial charge in [-0.1, -0.05) is 43.7 Å². The lowest BCUT2D eigenvalue weighted by Crippen LogP contribution is -2.40. The minimum Gasteiger partial charge on any atom is -0.450 e. The predicted molar refractivity (Wildman–Crippen MR) is 109 cm³/mol. The number of rotatable bonds is 6. The number of nitrogens with zero attached hydrogens (tertiary/aromatic N) is 1. The van der Waals surface area contributed by atoms with Gasteiger partial charge in [-0.2, -0.15) is 0 Å². The van der Waals surface area contributed by atoms with Crippen molar-refractivity contribution in [3.8, 4) is 0 Å². The second-order valence-electron chi connectivity index (χ2n) is 7.36. The van der Waals surface area contributed by atoms with Gasteiger partial charge in [0.1, 0.15) is 0 Å². The van der Waals surface area contributed by atoms with Gasteiger partial charge in [-0.3, -0.25) is 0 Å². The van der Waals surface area contributed by atoms with E-state index in [1.807, 2.05) is 17.9 Å². The van der Waals surface area contributed by atoms with Gasteiger partial charge >= 0.3 is 6.09 Å². The molecule has 0 N–H and O–H groups in total. The zero-order chi connectivity index (χ0) is 19.1. The first kappa shape index (κ1) is 20.8. The molecule has 1 amide bonds. The Morgan fingerprint density at radius 3 is 2.58 bits per heavy atom. The van der Waals surface area contributed by atoms with E-state index in [0.717, 1.165) is 37.4 Å². The molecule has 1 unspecified atom stereocenters. The quantitative estimate of drug-likeness (QED) is 0.538. The molecule has 1 aromatic rings. The first-order chi connectivity index (χ1) is 12.5. The van der Waals surface area contributed by atoms with Gasteiger partial charge in [-0.05, 0) is 74.1 Å². The number of ether oxygens (including phenoxy) is 1. The number of piperidine rings is 1. The topological polar surface area (TPSA) is 29.5 Å². The number of halogens is 1. The fourth-order valence-electron chi connectivity index (χ4n) is 3.94. The maximum absolute atomic E-state index is 12.0. The number of amides is 1. The smallest absolute Gasteiger partial charge is 0.409 e. The van der Waals surface area contributed by atoms with Crippen LogP contribution in [0.3, 0.4) is 0 Å². The monoisotopic (exact) mass is 377 g/mol. The molecule has 1 aromatic carbocycles. The third-order valence-corrected chi connectivity index (χ3v) is 5.57. The van der Waals surface area contributed by atoms with Crippen LogP contribution in [0.2, 0.25) is 5.02 Å². The Labute approximate surface area is 163 Å². The van der Waals surface area contributed by atoms with E-state index in [-0.39, 0.29) is 6.09 Å². The highest BCUT2D eigenvalue weighted by Gasteiger charge is 2.30. The third-order valence-electron chi connectivity index (χ3n) is 5.33. The fourth-order valence-corrected chi connectivity index (χ4v) is 4.12. The molecule has 1 aliphatic rings. The van der Waals surface area contributed by atoms with Crippen LogP contribution in [0.15, 0.2) is 30.4 Å². The van der Waals surface area contributed by atoms with Gasteiger partial charge in [0.25, 0.3) is 0 Å². The molecule has 1 aliphatic heterocycles. The lowest BCUT2D eigenvalue weighted by atomic mass is 9.75. The number of hydrogen-bond acceptors (Lipinski definition) is 2. The molecular weight excluding hydrogens is 346 g/mol. The van der Waals surface area contributed by atoms with Crippen molar-refractivity contribution in [2.75, 3.05) is 19.7 Å². The van der Waals surface area contributed by atoms with E-state index in [0.29, 0.717) is 24.4 Å². The first-order valence-corrected chi connectivity index (χ1v) is 10.2. The van der Waals surface area contributed by atoms with Gasteiger partial charge in [0.05, 0.1) is 6.61 Å². The van der Waals surface area contributed by atoms with Crippen LogP contribution in [0, 0.1) is 5.92 Å². The summed E-state index contributed by atoms with van der Waals surface area (Å²) in [6.07, 6.45) is 7.28. The minimum atomic E-state index is -0.176. The van der Waals surface area contributed by atoms with E-state index < -0.39 is 0 Å². The average Bonchev–Trinajstić information content (AvgIpc) is 2.63. The Balaban J connectivity index is 2.20. The van der Waals surface area contributed by atoms with Crippen LogP contribution in [0.4, 0.5) is 4.79 Å². The van der Waals surface area contributed by atoms with Crippen LogP contribution in [0.25, 0.3) is 0 Å². The number of carbonyl (C=O) groups is 1. The predicted octanol–water partition coefficient (Wildman–Crippen LogP) is 6.38. The van der Waals surface area contributed by atoms with Crippen molar-refractivity contribution in [2.45, 2.75) is 58.8 Å². The summed E-state index contributed by atoms with van der Waals surface area (Å²) in [5.41, 5.74) is 2.76. The molecule has 26 heavy (non-hydrogen) atoms. The van der Waals surface area contributed by atoms with E-state index in [9.17, 15) is 4.79 Å². The summed E-state index contributed by atoms with van der Waals surface area (Å²) in [7, 11) is 0. The number of allylic oxidation sites excluding steroid dienone is 2. The second kappa shape index (κ2) is 10.0. The Kier molecular flexibility index (Phi) is 8.02. The number of hydrogen-bond donors (Lipinski definition) is 0. The van der Waals surface area contributed by atoms with Gasteiger partial charge < -0.3 is 9.64 Å². The lowest BCUT2D eigenvalue weighted by Gasteiger charge is -2.36. The van der Waals surface area contributed by atoms with Crippen molar-refractivity contribution in [1.29, 1.82) is 0 Å². The van der Waals surface area contributed by atoms with Crippen molar-refractivity contribution in [2.24, 2.45) is 5.92 Å². The van der Waals surface area contributed by atoms with Crippen LogP contribution >= 0.6 is 11.6 Å². The van der Waals surface area contributed by atoms with Gasteiger partial charge in [0.2, 0.25) is 0 Å². The average molecular weight is 378 g/mol. The van der Waals surface area contributed by atoms with Gasteiger partial charge in [0.15, 0.2) is 0 Å². The Morgan fingerprint density at radius 2 is 2.00 bits per heavy atom. The van der Waals surface area contributed by atoms with Crippen molar-refractivity contribution >= 4 is 17.7 Å². The molecule has 0 radical (unpaired) electrons. The van der Waals surface area contributed by atoms with Gasteiger partial charge in [-0.15, -0.1) is 0 Å². The molecule has 3 nitrogen and oxygen atoms in total. The molecule has 0 aromatic heterocycles. The number of likely N-dealkylation sites (tertiary alicyclic amines) is 1. The molecule has 1 heterocycles. The van der Waals surface area contributed by atoms with E-state index >= 15 is 0 Å². The highest BCUT2D eigenvalue weighted by Crippen LogP contribution is 2.40. The first-order valence-electron chi connectivity index (χ1n) is 9.80. The Hall–Kier alpha value is -1.48. The normalized spacial score (nSPS) is 17.1. The summed E-state index contributed by atoms with van der Waals surface area (Å²) in [5.74, 6) is 1.47. The molecule has 0 aliphatic carbocycles. The van der Waals surface area contributed by atoms with E-state index in [2.05, 4.69) is 45.1 Å². The number of benzene rings is 1. The molecule has 2 rings (SSSR count). The minimum absolute atomic E-state index is 0.176. The van der Waals surface area contributed by atoms with Crippen LogP contribution in [0.1, 0.15) is 69.9 Å². The molecule has 144 valence electrons. The maximum atomic E-state index is 12.0. The molecule has 1 saturated heterocycles. The standard InChI is InChI=1S/C22H32ClNO2/c1-5-7-8-19(20-10-9-18(23)15-21(20)16(3)4)17-11-13-24(14-12-17)22(25)26-6-2/h5,7,9-10,15-17,19H,6,8,11-14H2,1-4H3/b7-5-. The summed E-state index contributed by atoms with van der Waals surface area (Å²) in [6.45, 7) is 10.4.